The van der Waals surface area contributed by atoms with Crippen LogP contribution in [0.4, 0.5) is 10.5 Å². The molecule has 0 spiro atoms. The van der Waals surface area contributed by atoms with Gasteiger partial charge >= 0.3 is 6.09 Å². The number of anilines is 1. The highest BCUT2D eigenvalue weighted by Gasteiger charge is 2.12. The van der Waals surface area contributed by atoms with Gasteiger partial charge in [0.15, 0.2) is 0 Å². The summed E-state index contributed by atoms with van der Waals surface area (Å²) in [6, 6.07) is 12.5. The van der Waals surface area contributed by atoms with Gasteiger partial charge in [-0.2, -0.15) is 0 Å². The molecule has 1 amide bonds. The normalized spacial score (nSPS) is 10.3. The summed E-state index contributed by atoms with van der Waals surface area (Å²) < 4.78 is 5.34. The average Bonchev–Trinajstić information content (AvgIpc) is 3.05. The van der Waals surface area contributed by atoms with Crippen molar-refractivity contribution in [2.45, 2.75) is 6.92 Å². The SMILES string of the molecule is Cc1ccccc1OC(=O)Nc1ccc(Cl)cc1-c1cnc[nH]1. The second-order valence-corrected chi connectivity index (χ2v) is 5.37. The van der Waals surface area contributed by atoms with Crippen molar-refractivity contribution in [2.24, 2.45) is 0 Å². The minimum atomic E-state index is -0.567. The van der Waals surface area contributed by atoms with Gasteiger partial charge in [-0.05, 0) is 36.8 Å². The van der Waals surface area contributed by atoms with E-state index in [0.717, 1.165) is 16.8 Å². The zero-order valence-corrected chi connectivity index (χ0v) is 13.1. The van der Waals surface area contributed by atoms with E-state index >= 15 is 0 Å². The molecule has 0 aliphatic rings. The number of aryl methyl sites for hydroxylation is 1. The van der Waals surface area contributed by atoms with Crippen LogP contribution < -0.4 is 10.1 Å². The first-order valence-corrected chi connectivity index (χ1v) is 7.34. The molecule has 0 unspecified atom stereocenters. The monoisotopic (exact) mass is 327 g/mol. The van der Waals surface area contributed by atoms with Gasteiger partial charge in [-0.25, -0.2) is 9.78 Å². The maximum absolute atomic E-state index is 12.1. The summed E-state index contributed by atoms with van der Waals surface area (Å²) in [6.07, 6.45) is 2.65. The molecule has 5 nitrogen and oxygen atoms in total. The molecule has 0 fully saturated rings. The van der Waals surface area contributed by atoms with Crippen LogP contribution in [-0.4, -0.2) is 16.1 Å². The third-order valence-corrected chi connectivity index (χ3v) is 3.54. The number of aromatic amines is 1. The maximum atomic E-state index is 12.1. The number of nitrogens with one attached hydrogen (secondary N) is 2. The summed E-state index contributed by atoms with van der Waals surface area (Å²) in [7, 11) is 0. The molecule has 0 atom stereocenters. The van der Waals surface area contributed by atoms with Gasteiger partial charge in [-0.15, -0.1) is 0 Å². The maximum Gasteiger partial charge on any atom is 0.417 e. The van der Waals surface area contributed by atoms with E-state index in [2.05, 4.69) is 15.3 Å². The summed E-state index contributed by atoms with van der Waals surface area (Å²) in [4.78, 5) is 19.1. The molecule has 0 aliphatic carbocycles. The first-order chi connectivity index (χ1) is 11.1. The Balaban J connectivity index is 1.83. The van der Waals surface area contributed by atoms with Crippen LogP contribution in [0.25, 0.3) is 11.3 Å². The van der Waals surface area contributed by atoms with Crippen molar-refractivity contribution in [3.63, 3.8) is 0 Å². The number of benzene rings is 2. The van der Waals surface area contributed by atoms with Crippen molar-refractivity contribution in [3.8, 4) is 17.0 Å². The van der Waals surface area contributed by atoms with Crippen LogP contribution in [0.1, 0.15) is 5.56 Å². The molecule has 1 heterocycles. The van der Waals surface area contributed by atoms with Gasteiger partial charge in [0, 0.05) is 10.6 Å². The number of carbonyl (C=O) groups excluding carboxylic acids is 1. The molecular weight excluding hydrogens is 314 g/mol. The zero-order valence-electron chi connectivity index (χ0n) is 12.3. The van der Waals surface area contributed by atoms with E-state index < -0.39 is 6.09 Å². The molecule has 2 aromatic carbocycles. The van der Waals surface area contributed by atoms with Gasteiger partial charge in [-0.1, -0.05) is 29.8 Å². The van der Waals surface area contributed by atoms with E-state index in [0.29, 0.717) is 16.5 Å². The van der Waals surface area contributed by atoms with Crippen LogP contribution in [-0.2, 0) is 0 Å². The van der Waals surface area contributed by atoms with Crippen LogP contribution in [0.3, 0.4) is 0 Å². The largest absolute Gasteiger partial charge is 0.417 e. The molecule has 0 aliphatic heterocycles. The summed E-state index contributed by atoms with van der Waals surface area (Å²) in [5.74, 6) is 0.516. The van der Waals surface area contributed by atoms with Gasteiger partial charge in [0.25, 0.3) is 0 Å². The Hall–Kier alpha value is -2.79. The number of nitrogens with zero attached hydrogens (tertiary/aromatic N) is 1. The van der Waals surface area contributed by atoms with Crippen LogP contribution in [0.15, 0.2) is 55.0 Å². The fourth-order valence-corrected chi connectivity index (χ4v) is 2.33. The van der Waals surface area contributed by atoms with Crippen molar-refractivity contribution in [1.82, 2.24) is 9.97 Å². The number of amides is 1. The molecule has 0 bridgehead atoms. The van der Waals surface area contributed by atoms with E-state index in [1.807, 2.05) is 25.1 Å². The van der Waals surface area contributed by atoms with E-state index in [1.165, 1.54) is 0 Å². The molecule has 3 aromatic rings. The number of H-pyrrole nitrogens is 1. The number of aromatic nitrogens is 2. The Morgan fingerprint density at radius 2 is 2.09 bits per heavy atom. The Bertz CT molecular complexity index is 832. The van der Waals surface area contributed by atoms with Crippen molar-refractivity contribution < 1.29 is 9.53 Å². The van der Waals surface area contributed by atoms with Crippen molar-refractivity contribution in [1.29, 1.82) is 0 Å². The molecule has 6 heteroatoms. The third-order valence-electron chi connectivity index (χ3n) is 3.30. The Labute approximate surface area is 138 Å². The van der Waals surface area contributed by atoms with Crippen LogP contribution in [0.2, 0.25) is 5.02 Å². The van der Waals surface area contributed by atoms with Crippen LogP contribution in [0, 0.1) is 6.92 Å². The summed E-state index contributed by atoms with van der Waals surface area (Å²) in [5.41, 5.74) is 2.94. The zero-order chi connectivity index (χ0) is 16.2. The number of imidazole rings is 1. The lowest BCUT2D eigenvalue weighted by molar-refractivity contribution is 0.215. The number of carbonyl (C=O) groups is 1. The first-order valence-electron chi connectivity index (χ1n) is 6.96. The lowest BCUT2D eigenvalue weighted by atomic mass is 10.1. The number of ether oxygens (including phenoxy) is 1. The van der Waals surface area contributed by atoms with E-state index in [1.54, 1.807) is 36.8 Å². The van der Waals surface area contributed by atoms with Gasteiger partial charge in [0.05, 0.1) is 23.9 Å². The summed E-state index contributed by atoms with van der Waals surface area (Å²) in [6.45, 7) is 1.88. The topological polar surface area (TPSA) is 67.0 Å². The lowest BCUT2D eigenvalue weighted by Gasteiger charge is -2.12. The Morgan fingerprint density at radius 1 is 1.26 bits per heavy atom. The number of rotatable bonds is 3. The molecule has 0 saturated carbocycles. The molecule has 2 N–H and O–H groups in total. The predicted octanol–water partition coefficient (Wildman–Crippen LogP) is 4.65. The van der Waals surface area contributed by atoms with Gasteiger partial charge < -0.3 is 9.72 Å². The quantitative estimate of drug-likeness (QED) is 0.735. The molecule has 116 valence electrons. The first kappa shape index (κ1) is 15.1. The highest BCUT2D eigenvalue weighted by atomic mass is 35.5. The Morgan fingerprint density at radius 3 is 2.83 bits per heavy atom. The van der Waals surface area contributed by atoms with E-state index in [-0.39, 0.29) is 0 Å². The molecule has 0 radical (unpaired) electrons. The molecule has 23 heavy (non-hydrogen) atoms. The number of hydrogen-bond donors (Lipinski definition) is 2. The van der Waals surface area contributed by atoms with Gasteiger partial charge in [0.2, 0.25) is 0 Å². The second-order valence-electron chi connectivity index (χ2n) is 4.94. The van der Waals surface area contributed by atoms with Gasteiger partial charge in [-0.3, -0.25) is 5.32 Å². The van der Waals surface area contributed by atoms with Crippen molar-refractivity contribution in [3.05, 3.63) is 65.6 Å². The smallest absolute Gasteiger partial charge is 0.410 e. The lowest BCUT2D eigenvalue weighted by Crippen LogP contribution is -2.17. The highest BCUT2D eigenvalue weighted by Crippen LogP contribution is 2.29. The standard InChI is InChI=1S/C17H14ClN3O2/c1-11-4-2-3-5-16(11)23-17(22)21-14-7-6-12(18)8-13(14)15-9-19-10-20-15/h2-10H,1H3,(H,19,20)(H,21,22). The molecule has 0 saturated heterocycles. The molecule has 3 rings (SSSR count). The Kier molecular flexibility index (Phi) is 4.30. The minimum Gasteiger partial charge on any atom is -0.410 e. The number of para-hydroxylation sites is 1. The predicted molar refractivity (Wildman–Crippen MR) is 89.9 cm³/mol. The van der Waals surface area contributed by atoms with Crippen LogP contribution in [0.5, 0.6) is 5.75 Å². The van der Waals surface area contributed by atoms with E-state index in [9.17, 15) is 4.79 Å². The van der Waals surface area contributed by atoms with E-state index in [4.69, 9.17) is 16.3 Å². The fraction of sp³-hybridized carbons (Fsp3) is 0.0588. The average molecular weight is 328 g/mol. The van der Waals surface area contributed by atoms with Gasteiger partial charge in [0.1, 0.15) is 5.75 Å². The highest BCUT2D eigenvalue weighted by molar-refractivity contribution is 6.31. The summed E-state index contributed by atoms with van der Waals surface area (Å²) >= 11 is 6.04. The third kappa shape index (κ3) is 3.52. The number of hydrogen-bond acceptors (Lipinski definition) is 3. The van der Waals surface area contributed by atoms with Crippen LogP contribution >= 0.6 is 11.6 Å². The fourth-order valence-electron chi connectivity index (χ4n) is 2.16. The van der Waals surface area contributed by atoms with Crippen molar-refractivity contribution in [2.75, 3.05) is 5.32 Å². The summed E-state index contributed by atoms with van der Waals surface area (Å²) in [5, 5.41) is 3.30. The minimum absolute atomic E-state index is 0.516. The number of halogens is 1. The molecule has 1 aromatic heterocycles. The van der Waals surface area contributed by atoms with Crippen molar-refractivity contribution >= 4 is 23.4 Å². The second kappa shape index (κ2) is 6.54. The molecular formula is C17H14ClN3O2.